The molecule has 38 heavy (non-hydrogen) atoms. The highest BCUT2D eigenvalue weighted by Gasteiger charge is 2.38. The number of hydrogen-bond donors (Lipinski definition) is 0. The van der Waals surface area contributed by atoms with Gasteiger partial charge in [0.2, 0.25) is 5.91 Å². The van der Waals surface area contributed by atoms with Crippen LogP contribution in [0.3, 0.4) is 0 Å². The van der Waals surface area contributed by atoms with Crippen LogP contribution in [0.5, 0.6) is 0 Å². The first-order valence-corrected chi connectivity index (χ1v) is 13.4. The molecule has 0 radical (unpaired) electrons. The maximum atomic E-state index is 13.7. The zero-order chi connectivity index (χ0) is 25.6. The Balaban J connectivity index is 1.02. The summed E-state index contributed by atoms with van der Waals surface area (Å²) < 4.78 is 13.1. The molecule has 2 fully saturated rings. The number of ether oxygens (including phenoxy) is 2. The molecule has 3 aromatic rings. The van der Waals surface area contributed by atoms with Crippen LogP contribution in [0.1, 0.15) is 57.5 Å². The molecule has 4 heterocycles. The largest absolute Gasteiger partial charge is 0.462 e. The Kier molecular flexibility index (Phi) is 5.93. The van der Waals surface area contributed by atoms with Crippen LogP contribution in [0.25, 0.3) is 5.69 Å². The number of benzene rings is 2. The minimum absolute atomic E-state index is 0.0312. The molecule has 4 aliphatic rings. The molecular weight excluding hydrogens is 484 g/mol. The summed E-state index contributed by atoms with van der Waals surface area (Å²) in [6.45, 7) is 4.07. The quantitative estimate of drug-likeness (QED) is 0.490. The molecule has 1 amide bonds. The van der Waals surface area contributed by atoms with Gasteiger partial charge in [-0.25, -0.2) is 9.48 Å². The van der Waals surface area contributed by atoms with Gasteiger partial charge in [0.1, 0.15) is 6.33 Å². The molecule has 0 N–H and O–H groups in total. The number of amides is 1. The Morgan fingerprint density at radius 2 is 1.97 bits per heavy atom. The van der Waals surface area contributed by atoms with Crippen LogP contribution in [0, 0.1) is 0 Å². The SMILES string of the molecule is O=C1OCCc2cc([C@@H]3CN4CCN(C(=O)C5CCCc6cc(-n7cnnn7)ccc65)C[C@H]4CO3)ccc21. The minimum atomic E-state index is -0.239. The lowest BCUT2D eigenvalue weighted by Gasteiger charge is -2.47. The van der Waals surface area contributed by atoms with Crippen LogP contribution < -0.4 is 0 Å². The summed E-state index contributed by atoms with van der Waals surface area (Å²) in [6.07, 6.45) is 5.14. The highest BCUT2D eigenvalue weighted by Crippen LogP contribution is 2.36. The second-order valence-electron chi connectivity index (χ2n) is 10.6. The van der Waals surface area contributed by atoms with Crippen LogP contribution >= 0.6 is 0 Å². The van der Waals surface area contributed by atoms with E-state index >= 15 is 0 Å². The molecule has 10 nitrogen and oxygen atoms in total. The fraction of sp³-hybridized carbons (Fsp3) is 0.464. The van der Waals surface area contributed by atoms with Gasteiger partial charge in [-0.1, -0.05) is 18.2 Å². The number of carbonyl (C=O) groups is 2. The molecule has 3 atom stereocenters. The molecule has 1 aromatic heterocycles. The molecule has 1 unspecified atom stereocenters. The number of carbonyl (C=O) groups excluding carboxylic acids is 2. The summed E-state index contributed by atoms with van der Waals surface area (Å²) in [5, 5.41) is 11.5. The molecule has 0 saturated carbocycles. The van der Waals surface area contributed by atoms with Gasteiger partial charge in [-0.3, -0.25) is 9.69 Å². The van der Waals surface area contributed by atoms with Crippen LogP contribution in [0.4, 0.5) is 0 Å². The van der Waals surface area contributed by atoms with Crippen molar-refractivity contribution in [1.29, 1.82) is 0 Å². The normalized spacial score (nSPS) is 25.2. The van der Waals surface area contributed by atoms with Gasteiger partial charge < -0.3 is 14.4 Å². The number of aryl methyl sites for hydroxylation is 1. The van der Waals surface area contributed by atoms with Crippen LogP contribution in [-0.4, -0.2) is 87.3 Å². The van der Waals surface area contributed by atoms with Gasteiger partial charge in [-0.05, 0) is 70.1 Å². The average molecular weight is 515 g/mol. The number of hydrogen-bond acceptors (Lipinski definition) is 8. The summed E-state index contributed by atoms with van der Waals surface area (Å²) in [7, 11) is 0. The van der Waals surface area contributed by atoms with Crippen molar-refractivity contribution in [1.82, 2.24) is 30.0 Å². The number of tetrazole rings is 1. The summed E-state index contributed by atoms with van der Waals surface area (Å²) in [5.74, 6) is -0.117. The van der Waals surface area contributed by atoms with Crippen molar-refractivity contribution >= 4 is 11.9 Å². The number of morpholine rings is 1. The predicted octanol–water partition coefficient (Wildman–Crippen LogP) is 2.08. The van der Waals surface area contributed by atoms with Gasteiger partial charge in [-0.2, -0.15) is 0 Å². The Bertz CT molecular complexity index is 1380. The highest BCUT2D eigenvalue weighted by atomic mass is 16.5. The van der Waals surface area contributed by atoms with Crippen molar-refractivity contribution < 1.29 is 19.1 Å². The monoisotopic (exact) mass is 514 g/mol. The number of aromatic nitrogens is 4. The second kappa shape index (κ2) is 9.59. The summed E-state index contributed by atoms with van der Waals surface area (Å²) >= 11 is 0. The molecule has 196 valence electrons. The van der Waals surface area contributed by atoms with Crippen LogP contribution in [-0.2, 0) is 27.1 Å². The van der Waals surface area contributed by atoms with E-state index in [1.165, 1.54) is 5.56 Å². The molecule has 0 bridgehead atoms. The Hall–Kier alpha value is -3.63. The van der Waals surface area contributed by atoms with Gasteiger partial charge in [0.25, 0.3) is 0 Å². The first-order chi connectivity index (χ1) is 18.6. The maximum Gasteiger partial charge on any atom is 0.338 e. The van der Waals surface area contributed by atoms with Gasteiger partial charge in [0, 0.05) is 32.6 Å². The number of cyclic esters (lactones) is 1. The summed E-state index contributed by atoms with van der Waals surface area (Å²) in [6, 6.07) is 12.3. The molecule has 0 spiro atoms. The third kappa shape index (κ3) is 4.17. The van der Waals surface area contributed by atoms with E-state index in [0.717, 1.165) is 67.7 Å². The van der Waals surface area contributed by atoms with Gasteiger partial charge in [-0.15, -0.1) is 5.10 Å². The highest BCUT2D eigenvalue weighted by molar-refractivity contribution is 5.92. The second-order valence-corrected chi connectivity index (χ2v) is 10.6. The number of nitrogens with zero attached hydrogens (tertiary/aromatic N) is 6. The van der Waals surface area contributed by atoms with Crippen molar-refractivity contribution in [3.63, 3.8) is 0 Å². The lowest BCUT2D eigenvalue weighted by Crippen LogP contribution is -2.60. The topological polar surface area (TPSA) is 103 Å². The predicted molar refractivity (Wildman–Crippen MR) is 136 cm³/mol. The van der Waals surface area contributed by atoms with E-state index in [1.54, 1.807) is 11.0 Å². The molecule has 2 aromatic carbocycles. The molecule has 1 aliphatic carbocycles. The number of rotatable bonds is 3. The summed E-state index contributed by atoms with van der Waals surface area (Å²) in [5.41, 5.74) is 6.08. The number of piperazine rings is 1. The van der Waals surface area contributed by atoms with E-state index < -0.39 is 0 Å². The first-order valence-electron chi connectivity index (χ1n) is 13.4. The maximum absolute atomic E-state index is 13.7. The van der Waals surface area contributed by atoms with Gasteiger partial charge in [0.15, 0.2) is 0 Å². The first kappa shape index (κ1) is 23.5. The number of esters is 1. The molecular formula is C28H30N6O4. The Morgan fingerprint density at radius 3 is 2.87 bits per heavy atom. The smallest absolute Gasteiger partial charge is 0.338 e. The fourth-order valence-corrected chi connectivity index (χ4v) is 6.44. The van der Waals surface area contributed by atoms with E-state index in [1.807, 2.05) is 23.1 Å². The van der Waals surface area contributed by atoms with E-state index in [9.17, 15) is 9.59 Å². The lowest BCUT2D eigenvalue weighted by atomic mass is 9.81. The Labute approximate surface area is 220 Å². The van der Waals surface area contributed by atoms with Crippen molar-refractivity contribution in [3.05, 3.63) is 70.5 Å². The van der Waals surface area contributed by atoms with Gasteiger partial charge in [0.05, 0.1) is 42.5 Å². The minimum Gasteiger partial charge on any atom is -0.462 e. The van der Waals surface area contributed by atoms with E-state index in [0.29, 0.717) is 25.3 Å². The van der Waals surface area contributed by atoms with Crippen molar-refractivity contribution in [2.75, 3.05) is 39.4 Å². The third-order valence-corrected chi connectivity index (χ3v) is 8.48. The molecule has 10 heteroatoms. The Morgan fingerprint density at radius 1 is 1.03 bits per heavy atom. The van der Waals surface area contributed by atoms with Crippen molar-refractivity contribution in [2.45, 2.75) is 43.7 Å². The third-order valence-electron chi connectivity index (χ3n) is 8.48. The van der Waals surface area contributed by atoms with Crippen LogP contribution in [0.15, 0.2) is 42.7 Å². The van der Waals surface area contributed by atoms with E-state index in [4.69, 9.17) is 9.47 Å². The fourth-order valence-electron chi connectivity index (χ4n) is 6.44. The van der Waals surface area contributed by atoms with Crippen molar-refractivity contribution in [2.24, 2.45) is 0 Å². The summed E-state index contributed by atoms with van der Waals surface area (Å²) in [4.78, 5) is 30.2. The zero-order valence-corrected chi connectivity index (χ0v) is 21.2. The zero-order valence-electron chi connectivity index (χ0n) is 21.2. The lowest BCUT2D eigenvalue weighted by molar-refractivity contribution is -0.142. The number of fused-ring (bicyclic) bond motifs is 3. The van der Waals surface area contributed by atoms with Gasteiger partial charge >= 0.3 is 5.97 Å². The molecule has 7 rings (SSSR count). The van der Waals surface area contributed by atoms with E-state index in [-0.39, 0.29) is 29.9 Å². The van der Waals surface area contributed by atoms with E-state index in [2.05, 4.69) is 38.6 Å². The average Bonchev–Trinajstić information content (AvgIpc) is 3.51. The molecule has 2 saturated heterocycles. The van der Waals surface area contributed by atoms with Crippen LogP contribution in [0.2, 0.25) is 0 Å². The standard InChI is InChI=1S/C28H30N6O4/c35-27(25-3-1-2-18-13-21(5-7-23(18)25)34-17-29-30-31-34)33-10-9-32-15-26(38-16-22(32)14-33)20-4-6-24-19(12-20)8-11-37-28(24)36/h4-7,12-13,17,22,25-26H,1-3,8-11,14-16H2/t22-,25?,26-/m0/s1. The van der Waals surface area contributed by atoms with Crippen molar-refractivity contribution in [3.8, 4) is 5.69 Å². The molecule has 3 aliphatic heterocycles.